The largest absolute Gasteiger partial charge is 0.297 e. The highest BCUT2D eigenvalue weighted by atomic mass is 32.1. The van der Waals surface area contributed by atoms with Crippen molar-refractivity contribution < 1.29 is 0 Å². The van der Waals surface area contributed by atoms with Crippen molar-refractivity contribution in [2.45, 2.75) is 32.7 Å². The Morgan fingerprint density at radius 1 is 1.46 bits per heavy atom. The lowest BCUT2D eigenvalue weighted by molar-refractivity contribution is 0.316. The minimum Gasteiger partial charge on any atom is -0.297 e. The van der Waals surface area contributed by atoms with Gasteiger partial charge < -0.3 is 0 Å². The predicted octanol–water partition coefficient (Wildman–Crippen LogP) is 2.53. The van der Waals surface area contributed by atoms with Gasteiger partial charge in [0, 0.05) is 4.88 Å². The van der Waals surface area contributed by atoms with E-state index < -0.39 is 0 Å². The number of aromatic nitrogens is 1. The summed E-state index contributed by atoms with van der Waals surface area (Å²) in [5.74, 6) is 0. The van der Waals surface area contributed by atoms with E-state index in [1.165, 1.54) is 35.0 Å². The van der Waals surface area contributed by atoms with Crippen LogP contribution in [-0.4, -0.2) is 23.5 Å². The summed E-state index contributed by atoms with van der Waals surface area (Å²) >= 11 is 1.86. The zero-order chi connectivity index (χ0) is 9.42. The third-order valence-electron chi connectivity index (χ3n) is 2.85. The number of aryl methyl sites for hydroxylation is 2. The lowest BCUT2D eigenvalue weighted by Gasteiger charge is -2.16. The van der Waals surface area contributed by atoms with Crippen LogP contribution in [0.25, 0.3) is 0 Å². The highest BCUT2D eigenvalue weighted by Gasteiger charge is 2.25. The maximum absolute atomic E-state index is 4.62. The molecule has 0 N–H and O–H groups in total. The van der Waals surface area contributed by atoms with Gasteiger partial charge >= 0.3 is 0 Å². The molecule has 1 atom stereocenters. The molecule has 13 heavy (non-hydrogen) atoms. The summed E-state index contributed by atoms with van der Waals surface area (Å²) in [5.41, 5.74) is 1.21. The first-order chi connectivity index (χ1) is 6.18. The Hall–Kier alpha value is -0.410. The number of likely N-dealkylation sites (tertiary alicyclic amines) is 1. The molecule has 0 amide bonds. The molecule has 0 aliphatic carbocycles. The van der Waals surface area contributed by atoms with Crippen LogP contribution < -0.4 is 0 Å². The minimum absolute atomic E-state index is 0.595. The van der Waals surface area contributed by atoms with Crippen LogP contribution in [-0.2, 0) is 0 Å². The fourth-order valence-corrected chi connectivity index (χ4v) is 2.99. The molecule has 2 heterocycles. The molecule has 72 valence electrons. The first-order valence-corrected chi connectivity index (χ1v) is 5.64. The molecule has 1 aromatic rings. The van der Waals surface area contributed by atoms with Gasteiger partial charge in [0.1, 0.15) is 5.01 Å². The summed E-state index contributed by atoms with van der Waals surface area (Å²) in [5, 5.41) is 1.31. The van der Waals surface area contributed by atoms with E-state index in [2.05, 4.69) is 30.8 Å². The van der Waals surface area contributed by atoms with Crippen molar-refractivity contribution in [2.75, 3.05) is 13.6 Å². The van der Waals surface area contributed by atoms with E-state index in [0.717, 1.165) is 0 Å². The standard InChI is InChI=1S/C10H16N2S/c1-7-8(2)13-10(11-7)9-5-4-6-12(9)3/h9H,4-6H2,1-3H3. The number of nitrogens with zero attached hydrogens (tertiary/aromatic N) is 2. The van der Waals surface area contributed by atoms with Crippen LogP contribution in [0, 0.1) is 13.8 Å². The highest BCUT2D eigenvalue weighted by molar-refractivity contribution is 7.11. The monoisotopic (exact) mass is 196 g/mol. The maximum Gasteiger partial charge on any atom is 0.110 e. The van der Waals surface area contributed by atoms with Crippen molar-refractivity contribution in [3.8, 4) is 0 Å². The van der Waals surface area contributed by atoms with Crippen LogP contribution in [0.2, 0.25) is 0 Å². The van der Waals surface area contributed by atoms with Crippen molar-refractivity contribution in [1.82, 2.24) is 9.88 Å². The average Bonchev–Trinajstić information content (AvgIpc) is 2.60. The van der Waals surface area contributed by atoms with E-state index in [9.17, 15) is 0 Å². The van der Waals surface area contributed by atoms with Crippen molar-refractivity contribution in [3.63, 3.8) is 0 Å². The van der Waals surface area contributed by atoms with Gasteiger partial charge in [0.15, 0.2) is 0 Å². The van der Waals surface area contributed by atoms with Crippen LogP contribution in [0.4, 0.5) is 0 Å². The second-order valence-corrected chi connectivity index (χ2v) is 5.07. The molecule has 0 aromatic carbocycles. The molecule has 0 saturated carbocycles. The minimum atomic E-state index is 0.595. The fraction of sp³-hybridized carbons (Fsp3) is 0.700. The molecule has 1 aromatic heterocycles. The second-order valence-electron chi connectivity index (χ2n) is 3.83. The number of hydrogen-bond acceptors (Lipinski definition) is 3. The first kappa shape index (κ1) is 9.16. The summed E-state index contributed by atoms with van der Waals surface area (Å²) in [6.07, 6.45) is 2.60. The second kappa shape index (κ2) is 3.39. The van der Waals surface area contributed by atoms with Crippen molar-refractivity contribution in [1.29, 1.82) is 0 Å². The van der Waals surface area contributed by atoms with Crippen molar-refractivity contribution in [2.24, 2.45) is 0 Å². The number of rotatable bonds is 1. The summed E-state index contributed by atoms with van der Waals surface area (Å²) in [4.78, 5) is 8.40. The lowest BCUT2D eigenvalue weighted by atomic mass is 10.2. The summed E-state index contributed by atoms with van der Waals surface area (Å²) < 4.78 is 0. The Morgan fingerprint density at radius 3 is 2.69 bits per heavy atom. The van der Waals surface area contributed by atoms with E-state index in [1.807, 2.05) is 11.3 Å². The molecule has 1 saturated heterocycles. The van der Waals surface area contributed by atoms with E-state index in [-0.39, 0.29) is 0 Å². The van der Waals surface area contributed by atoms with Gasteiger partial charge in [0.25, 0.3) is 0 Å². The Labute approximate surface area is 83.6 Å². The van der Waals surface area contributed by atoms with Crippen LogP contribution in [0.3, 0.4) is 0 Å². The Kier molecular flexibility index (Phi) is 2.39. The van der Waals surface area contributed by atoms with E-state index >= 15 is 0 Å². The molecule has 0 radical (unpaired) electrons. The lowest BCUT2D eigenvalue weighted by Crippen LogP contribution is -2.17. The fourth-order valence-electron chi connectivity index (χ4n) is 1.86. The average molecular weight is 196 g/mol. The van der Waals surface area contributed by atoms with Crippen LogP contribution in [0.15, 0.2) is 0 Å². The van der Waals surface area contributed by atoms with Crippen LogP contribution in [0.1, 0.15) is 34.5 Å². The van der Waals surface area contributed by atoms with E-state index in [4.69, 9.17) is 0 Å². The Morgan fingerprint density at radius 2 is 2.23 bits per heavy atom. The molecule has 1 fully saturated rings. The molecule has 2 rings (SSSR count). The third kappa shape index (κ3) is 1.63. The number of thiazole rings is 1. The summed E-state index contributed by atoms with van der Waals surface area (Å²) in [6.45, 7) is 5.48. The van der Waals surface area contributed by atoms with Gasteiger partial charge in [-0.1, -0.05) is 0 Å². The van der Waals surface area contributed by atoms with Gasteiger partial charge in [0.05, 0.1) is 11.7 Å². The van der Waals surface area contributed by atoms with Gasteiger partial charge in [-0.25, -0.2) is 4.98 Å². The quantitative estimate of drug-likeness (QED) is 0.686. The molecule has 1 aliphatic rings. The SMILES string of the molecule is Cc1nc(C2CCCN2C)sc1C. The molecule has 0 bridgehead atoms. The van der Waals surface area contributed by atoms with Gasteiger partial charge in [-0.2, -0.15) is 0 Å². The zero-order valence-corrected chi connectivity index (χ0v) is 9.32. The van der Waals surface area contributed by atoms with Crippen LogP contribution >= 0.6 is 11.3 Å². The maximum atomic E-state index is 4.62. The molecule has 1 aliphatic heterocycles. The predicted molar refractivity (Wildman–Crippen MR) is 56.2 cm³/mol. The third-order valence-corrected chi connectivity index (χ3v) is 4.02. The summed E-state index contributed by atoms with van der Waals surface area (Å²) in [7, 11) is 2.20. The smallest absolute Gasteiger partial charge is 0.110 e. The van der Waals surface area contributed by atoms with Crippen molar-refractivity contribution >= 4 is 11.3 Å². The first-order valence-electron chi connectivity index (χ1n) is 4.82. The molecule has 3 heteroatoms. The topological polar surface area (TPSA) is 16.1 Å². The molecular weight excluding hydrogens is 180 g/mol. The van der Waals surface area contributed by atoms with E-state index in [1.54, 1.807) is 0 Å². The van der Waals surface area contributed by atoms with Crippen molar-refractivity contribution in [3.05, 3.63) is 15.6 Å². The summed E-state index contributed by atoms with van der Waals surface area (Å²) in [6, 6.07) is 0.595. The van der Waals surface area contributed by atoms with Crippen LogP contribution in [0.5, 0.6) is 0 Å². The zero-order valence-electron chi connectivity index (χ0n) is 8.50. The van der Waals surface area contributed by atoms with Gasteiger partial charge in [0.2, 0.25) is 0 Å². The highest BCUT2D eigenvalue weighted by Crippen LogP contribution is 2.33. The van der Waals surface area contributed by atoms with E-state index in [0.29, 0.717) is 6.04 Å². The normalized spacial score (nSPS) is 24.1. The molecule has 2 nitrogen and oxygen atoms in total. The van der Waals surface area contributed by atoms with Gasteiger partial charge in [-0.3, -0.25) is 4.90 Å². The number of hydrogen-bond donors (Lipinski definition) is 0. The Bertz CT molecular complexity index is 286. The molecular formula is C10H16N2S. The van der Waals surface area contributed by atoms with Gasteiger partial charge in [-0.15, -0.1) is 11.3 Å². The Balaban J connectivity index is 2.24. The molecule has 1 unspecified atom stereocenters. The van der Waals surface area contributed by atoms with Gasteiger partial charge in [-0.05, 0) is 40.3 Å². The molecule has 0 spiro atoms.